The Morgan fingerprint density at radius 2 is 1.85 bits per heavy atom. The van der Waals surface area contributed by atoms with Crippen molar-refractivity contribution in [3.05, 3.63) is 29.8 Å². The summed E-state index contributed by atoms with van der Waals surface area (Å²) in [5, 5.41) is 0. The molecule has 0 heterocycles. The van der Waals surface area contributed by atoms with Crippen molar-refractivity contribution < 1.29 is 23.3 Å². The van der Waals surface area contributed by atoms with E-state index >= 15 is 0 Å². The quantitative estimate of drug-likeness (QED) is 0.737. The van der Waals surface area contributed by atoms with Gasteiger partial charge in [-0.15, -0.1) is 0 Å². The maximum atomic E-state index is 12.0. The minimum absolute atomic E-state index is 0.0190. The van der Waals surface area contributed by atoms with Crippen molar-refractivity contribution in [3.63, 3.8) is 0 Å². The first kappa shape index (κ1) is 10.2. The van der Waals surface area contributed by atoms with Crippen LogP contribution in [0.2, 0.25) is 0 Å². The predicted octanol–water partition coefficient (Wildman–Crippen LogP) is 1.63. The van der Waals surface area contributed by atoms with Gasteiger partial charge in [0.25, 0.3) is 0 Å². The van der Waals surface area contributed by atoms with E-state index < -0.39 is 14.5 Å². The van der Waals surface area contributed by atoms with Crippen molar-refractivity contribution >= 4 is 7.82 Å². The van der Waals surface area contributed by atoms with Crippen LogP contribution in [0.5, 0.6) is 5.75 Å². The van der Waals surface area contributed by atoms with Gasteiger partial charge >= 0.3 is 7.82 Å². The van der Waals surface area contributed by atoms with Crippen molar-refractivity contribution in [1.82, 2.24) is 0 Å². The lowest BCUT2D eigenvalue weighted by atomic mass is 10.2. The van der Waals surface area contributed by atoms with Gasteiger partial charge in [-0.05, 0) is 17.7 Å². The molecular weight excluding hydrogens is 198 g/mol. The number of benzene rings is 1. The monoisotopic (exact) mass is 206 g/mol. The molecule has 1 rings (SSSR count). The van der Waals surface area contributed by atoms with E-state index in [1.807, 2.05) is 0 Å². The Morgan fingerprint density at radius 3 is 2.23 bits per heavy atom. The Morgan fingerprint density at radius 1 is 1.31 bits per heavy atom. The molecule has 13 heavy (non-hydrogen) atoms. The van der Waals surface area contributed by atoms with Gasteiger partial charge in [0.1, 0.15) is 12.4 Å². The zero-order valence-corrected chi connectivity index (χ0v) is 7.45. The zero-order chi connectivity index (χ0) is 9.90. The SMILES string of the molecule is O=P(O)(O)Oc1ccc(CF)cc1. The molecular formula is C7H8FO4P. The molecule has 1 aromatic carbocycles. The highest BCUT2D eigenvalue weighted by atomic mass is 31.2. The third kappa shape index (κ3) is 3.55. The third-order valence-corrected chi connectivity index (χ3v) is 1.75. The van der Waals surface area contributed by atoms with Gasteiger partial charge < -0.3 is 4.52 Å². The normalized spacial score (nSPS) is 11.3. The molecule has 2 N–H and O–H groups in total. The maximum absolute atomic E-state index is 12.0. The van der Waals surface area contributed by atoms with Gasteiger partial charge in [-0.25, -0.2) is 8.96 Å². The average Bonchev–Trinajstić information content (AvgIpc) is 2.03. The molecule has 0 atom stereocenters. The summed E-state index contributed by atoms with van der Waals surface area (Å²) < 4.78 is 26.6. The summed E-state index contributed by atoms with van der Waals surface area (Å²) >= 11 is 0. The van der Waals surface area contributed by atoms with Crippen LogP contribution < -0.4 is 4.52 Å². The van der Waals surface area contributed by atoms with Gasteiger partial charge in [0.05, 0.1) is 0 Å². The van der Waals surface area contributed by atoms with E-state index in [0.717, 1.165) is 0 Å². The molecule has 0 fully saturated rings. The van der Waals surface area contributed by atoms with Crippen LogP contribution in [0, 0.1) is 0 Å². The summed E-state index contributed by atoms with van der Waals surface area (Å²) in [6, 6.07) is 5.39. The molecule has 0 spiro atoms. The van der Waals surface area contributed by atoms with Gasteiger partial charge in [0.15, 0.2) is 0 Å². The van der Waals surface area contributed by atoms with Crippen LogP contribution in [0.4, 0.5) is 4.39 Å². The largest absolute Gasteiger partial charge is 0.524 e. The molecule has 0 saturated carbocycles. The number of halogens is 1. The summed E-state index contributed by atoms with van der Waals surface area (Å²) in [6.07, 6.45) is 0. The van der Waals surface area contributed by atoms with Crippen molar-refractivity contribution in [2.45, 2.75) is 6.67 Å². The molecule has 72 valence electrons. The molecule has 0 aliphatic heterocycles. The average molecular weight is 206 g/mol. The Hall–Kier alpha value is -0.900. The molecule has 0 bridgehead atoms. The molecule has 0 aromatic heterocycles. The van der Waals surface area contributed by atoms with Crippen LogP contribution >= 0.6 is 7.82 Å². The molecule has 1 aromatic rings. The summed E-state index contributed by atoms with van der Waals surface area (Å²) in [4.78, 5) is 16.8. The van der Waals surface area contributed by atoms with Crippen LogP contribution in [0.1, 0.15) is 5.56 Å². The minimum Gasteiger partial charge on any atom is -0.404 e. The summed E-state index contributed by atoms with van der Waals surface area (Å²) in [6.45, 7) is -0.615. The van der Waals surface area contributed by atoms with E-state index in [9.17, 15) is 8.96 Å². The van der Waals surface area contributed by atoms with E-state index in [-0.39, 0.29) is 5.75 Å². The van der Waals surface area contributed by atoms with E-state index in [1.165, 1.54) is 24.3 Å². The number of phosphoric ester groups is 1. The van der Waals surface area contributed by atoms with Gasteiger partial charge in [-0.2, -0.15) is 0 Å². The molecule has 0 aliphatic carbocycles. The topological polar surface area (TPSA) is 66.8 Å². The van der Waals surface area contributed by atoms with Gasteiger partial charge in [-0.1, -0.05) is 12.1 Å². The maximum Gasteiger partial charge on any atom is 0.524 e. The van der Waals surface area contributed by atoms with Crippen LogP contribution in [-0.4, -0.2) is 9.79 Å². The Kier molecular flexibility index (Phi) is 3.03. The van der Waals surface area contributed by atoms with E-state index in [4.69, 9.17) is 9.79 Å². The standard InChI is InChI=1S/C7H8FO4P/c8-5-6-1-3-7(4-2-6)12-13(9,10)11/h1-4H,5H2,(H2,9,10,11). The molecule has 0 unspecified atom stereocenters. The number of hydrogen-bond acceptors (Lipinski definition) is 2. The number of hydrogen-bond donors (Lipinski definition) is 2. The first-order valence-electron chi connectivity index (χ1n) is 3.41. The number of rotatable bonds is 3. The Labute approximate surface area is 74.2 Å². The Balaban J connectivity index is 2.76. The van der Waals surface area contributed by atoms with Crippen molar-refractivity contribution in [1.29, 1.82) is 0 Å². The van der Waals surface area contributed by atoms with E-state index in [1.54, 1.807) is 0 Å². The fraction of sp³-hybridized carbons (Fsp3) is 0.143. The first-order valence-corrected chi connectivity index (χ1v) is 4.94. The highest BCUT2D eigenvalue weighted by molar-refractivity contribution is 7.46. The lowest BCUT2D eigenvalue weighted by molar-refractivity contribution is 0.283. The Bertz CT molecular complexity index is 318. The fourth-order valence-electron chi connectivity index (χ4n) is 0.777. The number of phosphoric acid groups is 1. The van der Waals surface area contributed by atoms with E-state index in [0.29, 0.717) is 5.56 Å². The van der Waals surface area contributed by atoms with Crippen LogP contribution in [-0.2, 0) is 11.2 Å². The molecule has 4 nitrogen and oxygen atoms in total. The summed E-state index contributed by atoms with van der Waals surface area (Å²) in [7, 11) is -4.50. The second kappa shape index (κ2) is 3.87. The fourth-order valence-corrected chi connectivity index (χ4v) is 1.17. The van der Waals surface area contributed by atoms with Gasteiger partial charge in [-0.3, -0.25) is 9.79 Å². The lowest BCUT2D eigenvalue weighted by Crippen LogP contribution is -1.90. The summed E-state index contributed by atoms with van der Waals surface area (Å²) in [5.74, 6) is 0.0190. The van der Waals surface area contributed by atoms with E-state index in [2.05, 4.69) is 4.52 Å². The minimum atomic E-state index is -4.50. The lowest BCUT2D eigenvalue weighted by Gasteiger charge is -2.06. The highest BCUT2D eigenvalue weighted by Crippen LogP contribution is 2.37. The van der Waals surface area contributed by atoms with Crippen molar-refractivity contribution in [2.24, 2.45) is 0 Å². The first-order chi connectivity index (χ1) is 6.01. The molecule has 0 amide bonds. The predicted molar refractivity (Wildman–Crippen MR) is 43.9 cm³/mol. The zero-order valence-electron chi connectivity index (χ0n) is 6.55. The van der Waals surface area contributed by atoms with Crippen LogP contribution in [0.25, 0.3) is 0 Å². The smallest absolute Gasteiger partial charge is 0.404 e. The van der Waals surface area contributed by atoms with Crippen LogP contribution in [0.3, 0.4) is 0 Å². The molecule has 0 aliphatic rings. The summed E-state index contributed by atoms with van der Waals surface area (Å²) in [5.41, 5.74) is 0.429. The third-order valence-electron chi connectivity index (χ3n) is 1.30. The second-order valence-electron chi connectivity index (χ2n) is 2.36. The van der Waals surface area contributed by atoms with Crippen LogP contribution in [0.15, 0.2) is 24.3 Å². The molecule has 6 heteroatoms. The van der Waals surface area contributed by atoms with Gasteiger partial charge in [0.2, 0.25) is 0 Å². The second-order valence-corrected chi connectivity index (χ2v) is 3.52. The van der Waals surface area contributed by atoms with Crippen molar-refractivity contribution in [3.8, 4) is 5.75 Å². The highest BCUT2D eigenvalue weighted by Gasteiger charge is 2.15. The molecule has 0 saturated heterocycles. The van der Waals surface area contributed by atoms with Crippen molar-refractivity contribution in [2.75, 3.05) is 0 Å². The molecule has 0 radical (unpaired) electrons. The van der Waals surface area contributed by atoms with Gasteiger partial charge in [0, 0.05) is 0 Å². The number of alkyl halides is 1.